The van der Waals surface area contributed by atoms with Gasteiger partial charge in [-0.3, -0.25) is 4.79 Å². The van der Waals surface area contributed by atoms with E-state index in [1.165, 1.54) is 12.3 Å². The third-order valence-electron chi connectivity index (χ3n) is 1.79. The van der Waals surface area contributed by atoms with E-state index in [-0.39, 0.29) is 11.5 Å². The highest BCUT2D eigenvalue weighted by Crippen LogP contribution is 1.99. The van der Waals surface area contributed by atoms with Gasteiger partial charge >= 0.3 is 0 Å². The van der Waals surface area contributed by atoms with Crippen molar-refractivity contribution >= 4 is 5.95 Å². The highest BCUT2D eigenvalue weighted by Gasteiger charge is 2.03. The molecule has 0 fully saturated rings. The number of anilines is 1. The van der Waals surface area contributed by atoms with Gasteiger partial charge in [-0.05, 0) is 6.42 Å². The summed E-state index contributed by atoms with van der Waals surface area (Å²) in [4.78, 5) is 14.3. The Hall–Kier alpha value is -1.36. The Morgan fingerprint density at radius 3 is 3.00 bits per heavy atom. The van der Waals surface area contributed by atoms with E-state index in [4.69, 9.17) is 5.73 Å². The molecule has 0 aliphatic heterocycles. The van der Waals surface area contributed by atoms with Crippen molar-refractivity contribution in [1.82, 2.24) is 9.55 Å². The standard InChI is InChI=1S/C8H13N3O2/c1-2-6(12)5-11-4-3-7(13)10-8(11)9/h3-4,6,12H,2,5H2,1H3,(H2,9,10,13)/t6-/m1/s1. The number of rotatable bonds is 3. The Morgan fingerprint density at radius 1 is 1.77 bits per heavy atom. The minimum absolute atomic E-state index is 0.139. The highest BCUT2D eigenvalue weighted by atomic mass is 16.3. The number of hydrogen-bond donors (Lipinski definition) is 2. The van der Waals surface area contributed by atoms with Gasteiger partial charge in [-0.1, -0.05) is 6.92 Å². The van der Waals surface area contributed by atoms with Crippen molar-refractivity contribution in [1.29, 1.82) is 0 Å². The molecule has 5 nitrogen and oxygen atoms in total. The van der Waals surface area contributed by atoms with Crippen molar-refractivity contribution in [3.63, 3.8) is 0 Å². The maximum absolute atomic E-state index is 10.7. The molecule has 72 valence electrons. The molecule has 1 aromatic rings. The number of aliphatic hydroxyl groups excluding tert-OH is 1. The summed E-state index contributed by atoms with van der Waals surface area (Å²) in [6.07, 6.45) is 1.72. The summed E-state index contributed by atoms with van der Waals surface area (Å²) >= 11 is 0. The maximum Gasteiger partial charge on any atom is 0.274 e. The first-order chi connectivity index (χ1) is 6.13. The predicted octanol–water partition coefficient (Wildman–Crippen LogP) is -0.404. The first-order valence-corrected chi connectivity index (χ1v) is 4.14. The number of nitrogen functional groups attached to an aromatic ring is 1. The Morgan fingerprint density at radius 2 is 2.46 bits per heavy atom. The van der Waals surface area contributed by atoms with Crippen molar-refractivity contribution in [3.05, 3.63) is 22.6 Å². The van der Waals surface area contributed by atoms with Crippen LogP contribution in [0.5, 0.6) is 0 Å². The Balaban J connectivity index is 2.83. The lowest BCUT2D eigenvalue weighted by Gasteiger charge is -2.11. The van der Waals surface area contributed by atoms with Gasteiger partial charge in [0.25, 0.3) is 5.56 Å². The molecule has 1 atom stereocenters. The van der Waals surface area contributed by atoms with E-state index in [2.05, 4.69) is 4.98 Å². The zero-order valence-corrected chi connectivity index (χ0v) is 7.47. The minimum Gasteiger partial charge on any atom is -0.391 e. The van der Waals surface area contributed by atoms with Gasteiger partial charge in [0.2, 0.25) is 5.95 Å². The molecule has 1 rings (SSSR count). The summed E-state index contributed by atoms with van der Waals surface area (Å²) in [7, 11) is 0. The molecule has 5 heteroatoms. The second-order valence-electron chi connectivity index (χ2n) is 2.84. The van der Waals surface area contributed by atoms with Crippen LogP contribution in [-0.4, -0.2) is 20.8 Å². The van der Waals surface area contributed by atoms with Crippen LogP contribution in [0.4, 0.5) is 5.95 Å². The molecule has 0 aliphatic rings. The van der Waals surface area contributed by atoms with Crippen LogP contribution in [0.3, 0.4) is 0 Å². The van der Waals surface area contributed by atoms with E-state index in [0.717, 1.165) is 0 Å². The quantitative estimate of drug-likeness (QED) is 0.668. The van der Waals surface area contributed by atoms with Crippen LogP contribution < -0.4 is 11.3 Å². The minimum atomic E-state index is -0.452. The lowest BCUT2D eigenvalue weighted by Crippen LogP contribution is -2.21. The fourth-order valence-corrected chi connectivity index (χ4v) is 0.955. The summed E-state index contributed by atoms with van der Waals surface area (Å²) < 4.78 is 1.55. The smallest absolute Gasteiger partial charge is 0.274 e. The molecular weight excluding hydrogens is 170 g/mol. The molecule has 13 heavy (non-hydrogen) atoms. The molecule has 0 bridgehead atoms. The lowest BCUT2D eigenvalue weighted by molar-refractivity contribution is 0.150. The zero-order chi connectivity index (χ0) is 9.84. The largest absolute Gasteiger partial charge is 0.391 e. The second kappa shape index (κ2) is 4.04. The number of hydrogen-bond acceptors (Lipinski definition) is 4. The van der Waals surface area contributed by atoms with Gasteiger partial charge in [0.05, 0.1) is 12.6 Å². The van der Waals surface area contributed by atoms with Crippen LogP contribution in [0.15, 0.2) is 17.1 Å². The van der Waals surface area contributed by atoms with Gasteiger partial charge < -0.3 is 15.4 Å². The third kappa shape index (κ3) is 2.55. The third-order valence-corrected chi connectivity index (χ3v) is 1.79. The summed E-state index contributed by atoms with van der Waals surface area (Å²) in [6.45, 7) is 2.24. The first kappa shape index (κ1) is 9.73. The number of nitrogens with zero attached hydrogens (tertiary/aromatic N) is 2. The molecule has 0 aromatic carbocycles. The number of nitrogens with two attached hydrogens (primary N) is 1. The Kier molecular flexibility index (Phi) is 3.02. The van der Waals surface area contributed by atoms with Crippen LogP contribution in [0.1, 0.15) is 13.3 Å². The SMILES string of the molecule is CC[C@@H](O)Cn1ccc(=O)nc1N. The van der Waals surface area contributed by atoms with Crippen LogP contribution in [-0.2, 0) is 6.54 Å². The topological polar surface area (TPSA) is 81.1 Å². The van der Waals surface area contributed by atoms with Gasteiger partial charge in [-0.15, -0.1) is 0 Å². The van der Waals surface area contributed by atoms with Crippen molar-refractivity contribution in [3.8, 4) is 0 Å². The predicted molar refractivity (Wildman–Crippen MR) is 49.2 cm³/mol. The molecule has 0 aliphatic carbocycles. The molecule has 0 saturated carbocycles. The summed E-state index contributed by atoms with van der Waals surface area (Å²) in [5, 5.41) is 9.32. The monoisotopic (exact) mass is 183 g/mol. The first-order valence-electron chi connectivity index (χ1n) is 4.14. The van der Waals surface area contributed by atoms with Crippen LogP contribution in [0, 0.1) is 0 Å². The highest BCUT2D eigenvalue weighted by molar-refractivity contribution is 5.15. The van der Waals surface area contributed by atoms with Gasteiger partial charge in [0.15, 0.2) is 0 Å². The average molecular weight is 183 g/mol. The summed E-state index contributed by atoms with van der Waals surface area (Å²) in [6, 6.07) is 1.32. The van der Waals surface area contributed by atoms with Gasteiger partial charge in [0.1, 0.15) is 0 Å². The van der Waals surface area contributed by atoms with Crippen LogP contribution in [0.25, 0.3) is 0 Å². The normalized spacial score (nSPS) is 12.8. The molecule has 1 heterocycles. The summed E-state index contributed by atoms with van der Waals surface area (Å²) in [5.41, 5.74) is 5.10. The Labute approximate surface area is 75.8 Å². The van der Waals surface area contributed by atoms with Crippen molar-refractivity contribution < 1.29 is 5.11 Å². The molecular formula is C8H13N3O2. The van der Waals surface area contributed by atoms with E-state index >= 15 is 0 Å². The molecule has 0 amide bonds. The molecule has 0 unspecified atom stereocenters. The Bertz CT molecular complexity index is 334. The fraction of sp³-hybridized carbons (Fsp3) is 0.500. The van der Waals surface area contributed by atoms with Gasteiger partial charge in [0, 0.05) is 12.3 Å². The van der Waals surface area contributed by atoms with E-state index in [9.17, 15) is 9.90 Å². The molecule has 0 radical (unpaired) electrons. The zero-order valence-electron chi connectivity index (χ0n) is 7.47. The molecule has 0 saturated heterocycles. The average Bonchev–Trinajstić information content (AvgIpc) is 2.09. The van der Waals surface area contributed by atoms with Gasteiger partial charge in [-0.2, -0.15) is 4.98 Å². The van der Waals surface area contributed by atoms with Crippen molar-refractivity contribution in [2.75, 3.05) is 5.73 Å². The van der Waals surface area contributed by atoms with E-state index in [1.54, 1.807) is 4.57 Å². The number of aromatic nitrogens is 2. The van der Waals surface area contributed by atoms with Crippen LogP contribution >= 0.6 is 0 Å². The molecule has 3 N–H and O–H groups in total. The van der Waals surface area contributed by atoms with Crippen molar-refractivity contribution in [2.24, 2.45) is 0 Å². The van der Waals surface area contributed by atoms with Crippen molar-refractivity contribution in [2.45, 2.75) is 26.0 Å². The second-order valence-corrected chi connectivity index (χ2v) is 2.84. The fourth-order valence-electron chi connectivity index (χ4n) is 0.955. The van der Waals surface area contributed by atoms with E-state index in [0.29, 0.717) is 13.0 Å². The lowest BCUT2D eigenvalue weighted by atomic mass is 10.3. The van der Waals surface area contributed by atoms with E-state index < -0.39 is 6.10 Å². The van der Waals surface area contributed by atoms with Crippen LogP contribution in [0.2, 0.25) is 0 Å². The molecule has 1 aromatic heterocycles. The summed E-state index contributed by atoms with van der Waals surface area (Å²) in [5.74, 6) is 0.139. The maximum atomic E-state index is 10.7. The van der Waals surface area contributed by atoms with E-state index in [1.807, 2.05) is 6.92 Å². The molecule has 0 spiro atoms. The number of aliphatic hydroxyl groups is 1. The van der Waals surface area contributed by atoms with Gasteiger partial charge in [-0.25, -0.2) is 0 Å².